The van der Waals surface area contributed by atoms with Crippen LogP contribution < -0.4 is 4.72 Å². The molecule has 1 aromatic carbocycles. The van der Waals surface area contributed by atoms with Gasteiger partial charge in [0.1, 0.15) is 5.69 Å². The predicted molar refractivity (Wildman–Crippen MR) is 67.7 cm³/mol. The van der Waals surface area contributed by atoms with Crippen LogP contribution in [0.5, 0.6) is 0 Å². The van der Waals surface area contributed by atoms with E-state index in [-0.39, 0.29) is 0 Å². The zero-order chi connectivity index (χ0) is 11.6. The van der Waals surface area contributed by atoms with Crippen molar-refractivity contribution in [3.8, 4) is 0 Å². The van der Waals surface area contributed by atoms with Crippen LogP contribution in [0.25, 0.3) is 0 Å². The minimum atomic E-state index is 0.484. The lowest BCUT2D eigenvalue weighted by Gasteiger charge is -2.04. The van der Waals surface area contributed by atoms with Crippen LogP contribution in [-0.2, 0) is 10.5 Å². The highest BCUT2D eigenvalue weighted by atomic mass is 32.2. The Morgan fingerprint density at radius 2 is 2.38 bits per heavy atom. The van der Waals surface area contributed by atoms with Crippen molar-refractivity contribution in [3.63, 3.8) is 0 Å². The second kappa shape index (κ2) is 8.27. The third-order valence-corrected chi connectivity index (χ3v) is 2.87. The Hall–Kier alpha value is -0.910. The van der Waals surface area contributed by atoms with Gasteiger partial charge in [-0.05, 0) is 29.3 Å². The summed E-state index contributed by atoms with van der Waals surface area (Å²) in [5, 5.41) is 2.90. The summed E-state index contributed by atoms with van der Waals surface area (Å²) in [7, 11) is 1.70. The quantitative estimate of drug-likeness (QED) is 0.431. The summed E-state index contributed by atoms with van der Waals surface area (Å²) in [5.74, 6) is 0.830. The minimum Gasteiger partial charge on any atom is -0.385 e. The molecule has 4 nitrogen and oxygen atoms in total. The fourth-order valence-electron chi connectivity index (χ4n) is 1.20. The fraction of sp³-hybridized carbons (Fsp3) is 0.455. The second-order valence-corrected chi connectivity index (χ2v) is 4.16. The summed E-state index contributed by atoms with van der Waals surface area (Å²) in [6, 6.07) is 7.33. The smallest absolute Gasteiger partial charge is 0.108 e. The lowest BCUT2D eigenvalue weighted by molar-refractivity contribution is 0.196. The summed E-state index contributed by atoms with van der Waals surface area (Å²) < 4.78 is 8.17. The van der Waals surface area contributed by atoms with E-state index in [1.807, 2.05) is 12.1 Å². The van der Waals surface area contributed by atoms with Gasteiger partial charge in [0.2, 0.25) is 0 Å². The van der Waals surface area contributed by atoms with Crippen molar-refractivity contribution in [2.75, 3.05) is 20.3 Å². The largest absolute Gasteiger partial charge is 0.385 e. The van der Waals surface area contributed by atoms with Gasteiger partial charge in [0.05, 0.1) is 0 Å². The summed E-state index contributed by atoms with van der Waals surface area (Å²) in [5.41, 5.74) is 1.58. The van der Waals surface area contributed by atoms with E-state index < -0.39 is 0 Å². The highest BCUT2D eigenvalue weighted by Gasteiger charge is 1.96. The van der Waals surface area contributed by atoms with Gasteiger partial charge in [0, 0.05) is 26.0 Å². The average molecular weight is 240 g/mol. The zero-order valence-corrected chi connectivity index (χ0v) is 10.1. The van der Waals surface area contributed by atoms with Crippen LogP contribution in [0.1, 0.15) is 12.0 Å². The van der Waals surface area contributed by atoms with Crippen molar-refractivity contribution in [1.82, 2.24) is 4.72 Å². The lowest BCUT2D eigenvalue weighted by Crippen LogP contribution is -2.08. The molecular weight excluding hydrogens is 224 g/mol. The third-order valence-electron chi connectivity index (χ3n) is 1.98. The Morgan fingerprint density at radius 1 is 1.50 bits per heavy atom. The van der Waals surface area contributed by atoms with Crippen LogP contribution in [0, 0.1) is 4.91 Å². The molecule has 0 spiro atoms. The van der Waals surface area contributed by atoms with Gasteiger partial charge in [-0.25, -0.2) is 0 Å². The Balaban J connectivity index is 2.18. The highest BCUT2D eigenvalue weighted by Crippen LogP contribution is 2.16. The molecule has 0 saturated heterocycles. The molecule has 0 heterocycles. The fourth-order valence-corrected chi connectivity index (χ4v) is 1.94. The maximum Gasteiger partial charge on any atom is 0.108 e. The number of nitrogens with zero attached hydrogens (tertiary/aromatic N) is 1. The van der Waals surface area contributed by atoms with E-state index in [2.05, 4.69) is 9.90 Å². The average Bonchev–Trinajstić information content (AvgIpc) is 2.34. The number of hydrogen-bond donors (Lipinski definition) is 1. The molecule has 88 valence electrons. The van der Waals surface area contributed by atoms with Gasteiger partial charge in [-0.2, -0.15) is 0 Å². The summed E-state index contributed by atoms with van der Waals surface area (Å²) in [4.78, 5) is 10.3. The molecule has 1 N–H and O–H groups in total. The standard InChI is InChI=1S/C11H16N2O2S/c1-15-7-3-6-12-16-9-10-4-2-5-11(8-10)13-14/h2,4-5,8,12H,3,6-7,9H2,1H3. The maximum absolute atomic E-state index is 10.3. The van der Waals surface area contributed by atoms with Gasteiger partial charge in [0.15, 0.2) is 0 Å². The zero-order valence-electron chi connectivity index (χ0n) is 9.31. The number of nitroso groups, excluding NO2 is 1. The van der Waals surface area contributed by atoms with E-state index in [9.17, 15) is 4.91 Å². The first kappa shape index (κ1) is 13.2. The van der Waals surface area contributed by atoms with E-state index in [0.717, 1.165) is 30.9 Å². The first-order chi connectivity index (χ1) is 7.86. The molecule has 0 radical (unpaired) electrons. The van der Waals surface area contributed by atoms with Gasteiger partial charge in [-0.3, -0.25) is 4.72 Å². The van der Waals surface area contributed by atoms with Crippen molar-refractivity contribution in [2.45, 2.75) is 12.2 Å². The number of rotatable bonds is 8. The van der Waals surface area contributed by atoms with E-state index in [1.165, 1.54) is 0 Å². The van der Waals surface area contributed by atoms with E-state index in [0.29, 0.717) is 5.69 Å². The molecule has 0 bridgehead atoms. The summed E-state index contributed by atoms with van der Waals surface area (Å²) in [6.07, 6.45) is 0.999. The van der Waals surface area contributed by atoms with Crippen LogP contribution in [0.3, 0.4) is 0 Å². The molecule has 0 unspecified atom stereocenters. The summed E-state index contributed by atoms with van der Waals surface area (Å²) in [6.45, 7) is 1.70. The van der Waals surface area contributed by atoms with E-state index in [1.54, 1.807) is 31.2 Å². The molecule has 0 fully saturated rings. The van der Waals surface area contributed by atoms with Crippen LogP contribution in [0.15, 0.2) is 29.4 Å². The molecule has 0 atom stereocenters. The Morgan fingerprint density at radius 3 is 3.12 bits per heavy atom. The molecule has 0 aromatic heterocycles. The van der Waals surface area contributed by atoms with Gasteiger partial charge in [0.25, 0.3) is 0 Å². The Labute approximate surface area is 99.9 Å². The molecule has 5 heteroatoms. The van der Waals surface area contributed by atoms with E-state index in [4.69, 9.17) is 4.74 Å². The number of ether oxygens (including phenoxy) is 1. The van der Waals surface area contributed by atoms with Gasteiger partial charge in [-0.15, -0.1) is 4.91 Å². The number of nitrogens with one attached hydrogen (secondary N) is 1. The van der Waals surface area contributed by atoms with Crippen LogP contribution in [-0.4, -0.2) is 20.3 Å². The molecule has 0 aliphatic heterocycles. The number of methoxy groups -OCH3 is 1. The molecule has 0 aliphatic carbocycles. The number of hydrogen-bond acceptors (Lipinski definition) is 5. The molecule has 16 heavy (non-hydrogen) atoms. The Bertz CT molecular complexity index is 321. The normalized spacial score (nSPS) is 10.3. The van der Waals surface area contributed by atoms with Crippen LogP contribution >= 0.6 is 11.9 Å². The van der Waals surface area contributed by atoms with E-state index >= 15 is 0 Å². The first-order valence-corrected chi connectivity index (χ1v) is 6.11. The SMILES string of the molecule is COCCCNSCc1cccc(N=O)c1. The monoisotopic (exact) mass is 240 g/mol. The lowest BCUT2D eigenvalue weighted by atomic mass is 10.2. The van der Waals surface area contributed by atoms with Crippen molar-refractivity contribution >= 4 is 17.6 Å². The van der Waals surface area contributed by atoms with Gasteiger partial charge < -0.3 is 4.74 Å². The Kier molecular flexibility index (Phi) is 6.80. The highest BCUT2D eigenvalue weighted by molar-refractivity contribution is 7.96. The second-order valence-electron chi connectivity index (χ2n) is 3.29. The molecule has 0 saturated carbocycles. The molecule has 1 aromatic rings. The van der Waals surface area contributed by atoms with Crippen molar-refractivity contribution in [2.24, 2.45) is 5.18 Å². The van der Waals surface area contributed by atoms with Crippen molar-refractivity contribution in [1.29, 1.82) is 0 Å². The maximum atomic E-state index is 10.3. The molecular formula is C11H16N2O2S. The third kappa shape index (κ3) is 5.25. The van der Waals surface area contributed by atoms with Gasteiger partial charge >= 0.3 is 0 Å². The predicted octanol–water partition coefficient (Wildman–Crippen LogP) is 2.86. The molecule has 1 rings (SSSR count). The number of benzene rings is 1. The van der Waals surface area contributed by atoms with Crippen molar-refractivity contribution in [3.05, 3.63) is 34.7 Å². The molecule has 0 aliphatic rings. The van der Waals surface area contributed by atoms with Crippen molar-refractivity contribution < 1.29 is 4.74 Å². The minimum absolute atomic E-state index is 0.484. The first-order valence-electron chi connectivity index (χ1n) is 5.12. The van der Waals surface area contributed by atoms with Gasteiger partial charge in [-0.1, -0.05) is 24.1 Å². The topological polar surface area (TPSA) is 50.7 Å². The summed E-state index contributed by atoms with van der Waals surface area (Å²) >= 11 is 1.63. The molecule has 0 amide bonds. The van der Waals surface area contributed by atoms with Crippen LogP contribution in [0.4, 0.5) is 5.69 Å². The van der Waals surface area contributed by atoms with Crippen LogP contribution in [0.2, 0.25) is 0 Å².